The number of hydrogen-bond acceptors (Lipinski definition) is 2. The summed E-state index contributed by atoms with van der Waals surface area (Å²) in [5.74, 6) is -1.99. The van der Waals surface area contributed by atoms with Gasteiger partial charge in [-0.3, -0.25) is 9.59 Å². The van der Waals surface area contributed by atoms with Crippen LogP contribution in [0.3, 0.4) is 0 Å². The second-order valence-corrected chi connectivity index (χ2v) is 10.6. The highest BCUT2D eigenvalue weighted by Crippen LogP contribution is 2.54. The van der Waals surface area contributed by atoms with E-state index in [1.165, 1.54) is 30.3 Å². The van der Waals surface area contributed by atoms with Crippen LogP contribution in [-0.4, -0.2) is 24.2 Å². The number of halogens is 13. The summed E-state index contributed by atoms with van der Waals surface area (Å²) >= 11 is 10.1. The molecular formula is C24H11BrClF10IN2O2. The topological polar surface area (TPSA) is 58.2 Å². The smallest absolute Gasteiger partial charge is 0.322 e. The van der Waals surface area contributed by atoms with Crippen LogP contribution in [0.2, 0.25) is 5.02 Å². The third-order valence-corrected chi connectivity index (χ3v) is 7.03. The Morgan fingerprint density at radius 3 is 1.93 bits per heavy atom. The molecule has 0 fully saturated rings. The zero-order valence-electron chi connectivity index (χ0n) is 19.4. The van der Waals surface area contributed by atoms with Crippen LogP contribution in [0.15, 0.2) is 59.1 Å². The minimum Gasteiger partial charge on any atom is -0.322 e. The molecule has 0 unspecified atom stereocenters. The van der Waals surface area contributed by atoms with Crippen molar-refractivity contribution in [3.8, 4) is 0 Å². The SMILES string of the molecule is O=C(Nc1c(I)cc(C(F)(C(F)(F)F)C(F)(F)F)cc1C(F)(F)F)c1cccc(NC(=O)c2ccc(Br)cc2Cl)c1. The van der Waals surface area contributed by atoms with E-state index in [1.807, 2.05) is 0 Å². The molecule has 0 aliphatic rings. The number of carbonyl (C=O) groups excluding carboxylic acids is 2. The van der Waals surface area contributed by atoms with Crippen LogP contribution < -0.4 is 10.6 Å². The first kappa shape index (κ1) is 32.9. The van der Waals surface area contributed by atoms with Crippen LogP contribution in [0.5, 0.6) is 0 Å². The lowest BCUT2D eigenvalue weighted by molar-refractivity contribution is -0.348. The van der Waals surface area contributed by atoms with Gasteiger partial charge in [-0.25, -0.2) is 4.39 Å². The fraction of sp³-hybridized carbons (Fsp3) is 0.167. The Morgan fingerprint density at radius 2 is 1.39 bits per heavy atom. The van der Waals surface area contributed by atoms with Gasteiger partial charge in [0.15, 0.2) is 0 Å². The highest BCUT2D eigenvalue weighted by atomic mass is 127. The van der Waals surface area contributed by atoms with Crippen LogP contribution in [0.4, 0.5) is 55.3 Å². The van der Waals surface area contributed by atoms with Crippen molar-refractivity contribution in [2.24, 2.45) is 0 Å². The minimum absolute atomic E-state index is 0.0136. The van der Waals surface area contributed by atoms with E-state index in [0.717, 1.165) is 34.7 Å². The minimum atomic E-state index is -6.66. The molecule has 0 aliphatic carbocycles. The molecule has 2 amide bonds. The number of benzene rings is 3. The van der Waals surface area contributed by atoms with E-state index in [9.17, 15) is 53.5 Å². The zero-order valence-corrected chi connectivity index (χ0v) is 23.9. The van der Waals surface area contributed by atoms with E-state index in [0.29, 0.717) is 4.47 Å². The van der Waals surface area contributed by atoms with Crippen LogP contribution in [0.25, 0.3) is 0 Å². The van der Waals surface area contributed by atoms with Gasteiger partial charge < -0.3 is 10.6 Å². The third kappa shape index (κ3) is 6.90. The van der Waals surface area contributed by atoms with Gasteiger partial charge in [-0.2, -0.15) is 39.5 Å². The van der Waals surface area contributed by atoms with Gasteiger partial charge in [-0.05, 0) is 71.1 Å². The zero-order chi connectivity index (χ0) is 31.1. The van der Waals surface area contributed by atoms with Crippen molar-refractivity contribution < 1.29 is 53.5 Å². The van der Waals surface area contributed by atoms with Crippen LogP contribution in [0.1, 0.15) is 31.8 Å². The lowest BCUT2D eigenvalue weighted by Crippen LogP contribution is -2.50. The van der Waals surface area contributed by atoms with Gasteiger partial charge in [0, 0.05) is 24.9 Å². The van der Waals surface area contributed by atoms with Gasteiger partial charge in [-0.1, -0.05) is 33.6 Å². The summed E-state index contributed by atoms with van der Waals surface area (Å²) in [4.78, 5) is 25.3. The average Bonchev–Trinajstić information content (AvgIpc) is 2.82. The number of amides is 2. The first-order valence-electron chi connectivity index (χ1n) is 10.6. The summed E-state index contributed by atoms with van der Waals surface area (Å²) in [5.41, 5.74) is -12.2. The average molecular weight is 792 g/mol. The fourth-order valence-corrected chi connectivity index (χ4v) is 4.96. The van der Waals surface area contributed by atoms with Crippen molar-refractivity contribution in [2.75, 3.05) is 10.6 Å². The number of anilines is 2. The monoisotopic (exact) mass is 790 g/mol. The van der Waals surface area contributed by atoms with Gasteiger partial charge in [0.05, 0.1) is 21.8 Å². The molecule has 0 aromatic heterocycles. The lowest BCUT2D eigenvalue weighted by Gasteiger charge is -2.31. The molecule has 0 saturated carbocycles. The Kier molecular flexibility index (Phi) is 9.30. The van der Waals surface area contributed by atoms with Gasteiger partial charge in [-0.15, -0.1) is 0 Å². The molecule has 3 aromatic rings. The molecule has 4 nitrogen and oxygen atoms in total. The van der Waals surface area contributed by atoms with Crippen molar-refractivity contribution in [1.29, 1.82) is 0 Å². The maximum absolute atomic E-state index is 14.5. The van der Waals surface area contributed by atoms with Crippen molar-refractivity contribution in [2.45, 2.75) is 24.2 Å². The normalized spacial score (nSPS) is 12.7. The second-order valence-electron chi connectivity index (χ2n) is 8.15. The summed E-state index contributed by atoms with van der Waals surface area (Å²) in [6.45, 7) is 0. The Bertz CT molecular complexity index is 1500. The molecule has 0 saturated heterocycles. The Morgan fingerprint density at radius 1 is 0.780 bits per heavy atom. The molecule has 3 aromatic carbocycles. The predicted molar refractivity (Wildman–Crippen MR) is 141 cm³/mol. The molecule has 17 heteroatoms. The molecule has 0 spiro atoms. The third-order valence-electron chi connectivity index (χ3n) is 5.37. The van der Waals surface area contributed by atoms with Crippen LogP contribution in [0, 0.1) is 3.57 Å². The van der Waals surface area contributed by atoms with Gasteiger partial charge in [0.2, 0.25) is 0 Å². The van der Waals surface area contributed by atoms with E-state index in [1.54, 1.807) is 5.32 Å². The summed E-state index contributed by atoms with van der Waals surface area (Å²) in [6.07, 6.45) is -18.9. The Labute approximate surface area is 250 Å². The fourth-order valence-electron chi connectivity index (χ4n) is 3.44. The molecule has 41 heavy (non-hydrogen) atoms. The molecular weight excluding hydrogens is 781 g/mol. The summed E-state index contributed by atoms with van der Waals surface area (Å²) in [5, 5.41) is 4.28. The van der Waals surface area contributed by atoms with Crippen molar-refractivity contribution in [1.82, 2.24) is 0 Å². The van der Waals surface area contributed by atoms with E-state index < -0.39 is 62.5 Å². The lowest BCUT2D eigenvalue weighted by atomic mass is 9.92. The molecule has 0 atom stereocenters. The van der Waals surface area contributed by atoms with E-state index in [-0.39, 0.29) is 27.9 Å². The van der Waals surface area contributed by atoms with Gasteiger partial charge in [0.1, 0.15) is 0 Å². The second kappa shape index (κ2) is 11.6. The number of alkyl halides is 10. The first-order chi connectivity index (χ1) is 18.7. The highest BCUT2D eigenvalue weighted by Gasteiger charge is 2.73. The van der Waals surface area contributed by atoms with Crippen molar-refractivity contribution >= 4 is 73.3 Å². The molecule has 0 aliphatic heterocycles. The molecule has 0 bridgehead atoms. The molecule has 0 radical (unpaired) electrons. The van der Waals surface area contributed by atoms with E-state index >= 15 is 0 Å². The van der Waals surface area contributed by atoms with Crippen molar-refractivity contribution in [3.63, 3.8) is 0 Å². The largest absolute Gasteiger partial charge is 0.435 e. The van der Waals surface area contributed by atoms with Crippen LogP contribution >= 0.6 is 50.1 Å². The molecule has 220 valence electrons. The summed E-state index contributed by atoms with van der Waals surface area (Å²) in [6, 6.07) is 8.27. The Balaban J connectivity index is 1.99. The predicted octanol–water partition coefficient (Wildman–Crippen LogP) is 9.52. The molecule has 3 rings (SSSR count). The maximum Gasteiger partial charge on any atom is 0.435 e. The summed E-state index contributed by atoms with van der Waals surface area (Å²) in [7, 11) is 0. The number of nitrogens with one attached hydrogen (secondary N) is 2. The van der Waals surface area contributed by atoms with Crippen LogP contribution in [-0.2, 0) is 11.8 Å². The highest BCUT2D eigenvalue weighted by molar-refractivity contribution is 14.1. The van der Waals surface area contributed by atoms with Crippen molar-refractivity contribution in [3.05, 3.63) is 89.9 Å². The van der Waals surface area contributed by atoms with Gasteiger partial charge in [0.25, 0.3) is 11.8 Å². The van der Waals surface area contributed by atoms with Gasteiger partial charge >= 0.3 is 24.2 Å². The first-order valence-corrected chi connectivity index (χ1v) is 12.8. The molecule has 2 N–H and O–H groups in total. The molecule has 0 heterocycles. The number of carbonyl (C=O) groups is 2. The summed E-state index contributed by atoms with van der Waals surface area (Å²) < 4.78 is 134. The maximum atomic E-state index is 14.5. The Hall–Kier alpha value is -2.60. The quantitative estimate of drug-likeness (QED) is 0.200. The standard InChI is InChI=1S/C24H11BrClF10IN2O2/c25-12-4-5-14(16(26)9-12)20(41)38-13-3-1-2-10(6-13)19(40)39-18-15(22(28,29)30)7-11(8-17(18)37)21(27,23(31,32)33)24(34,35)36/h1-9H,(H,38,41)(H,39,40). The number of hydrogen-bond donors (Lipinski definition) is 2. The van der Waals surface area contributed by atoms with E-state index in [4.69, 9.17) is 11.6 Å². The number of rotatable bonds is 5. The van der Waals surface area contributed by atoms with E-state index in [2.05, 4.69) is 21.2 Å².